The van der Waals surface area contributed by atoms with Gasteiger partial charge in [0.2, 0.25) is 0 Å². The lowest BCUT2D eigenvalue weighted by molar-refractivity contribution is -0.274. The van der Waals surface area contributed by atoms with E-state index in [0.29, 0.717) is 5.92 Å². The summed E-state index contributed by atoms with van der Waals surface area (Å²) in [6.45, 7) is 2.23. The highest BCUT2D eigenvalue weighted by atomic mass is 19.4. The molecule has 1 aliphatic rings. The summed E-state index contributed by atoms with van der Waals surface area (Å²) in [7, 11) is 0. The van der Waals surface area contributed by atoms with Crippen molar-refractivity contribution in [2.45, 2.75) is 70.6 Å². The van der Waals surface area contributed by atoms with E-state index < -0.39 is 6.36 Å². The molecule has 164 valence electrons. The molecule has 4 rings (SSSR count). The summed E-state index contributed by atoms with van der Waals surface area (Å²) in [5, 5.41) is 2.54. The fourth-order valence-electron chi connectivity index (χ4n) is 4.69. The minimum atomic E-state index is -4.65. The van der Waals surface area contributed by atoms with Crippen LogP contribution in [0.1, 0.15) is 67.2 Å². The zero-order valence-corrected chi connectivity index (χ0v) is 18.0. The Morgan fingerprint density at radius 1 is 0.871 bits per heavy atom. The molecule has 1 unspecified atom stereocenters. The first-order valence-electron chi connectivity index (χ1n) is 11.3. The third-order valence-electron chi connectivity index (χ3n) is 6.36. The molecule has 0 aliphatic heterocycles. The number of benzene rings is 3. The van der Waals surface area contributed by atoms with E-state index >= 15 is 0 Å². The fourth-order valence-corrected chi connectivity index (χ4v) is 4.69. The third kappa shape index (κ3) is 5.61. The molecule has 0 saturated heterocycles. The van der Waals surface area contributed by atoms with E-state index in [2.05, 4.69) is 48.1 Å². The lowest BCUT2D eigenvalue weighted by atomic mass is 9.79. The van der Waals surface area contributed by atoms with Crippen LogP contribution in [0.15, 0.2) is 54.6 Å². The Bertz CT molecular complexity index is 1040. The Morgan fingerprint density at radius 2 is 1.68 bits per heavy atom. The van der Waals surface area contributed by atoms with Gasteiger partial charge in [-0.25, -0.2) is 0 Å². The van der Waals surface area contributed by atoms with Crippen molar-refractivity contribution in [2.24, 2.45) is 0 Å². The van der Waals surface area contributed by atoms with E-state index in [1.165, 1.54) is 53.6 Å². The molecule has 0 heterocycles. The molecule has 0 spiro atoms. The van der Waals surface area contributed by atoms with Crippen LogP contribution in [0.3, 0.4) is 0 Å². The molecule has 3 aromatic rings. The van der Waals surface area contributed by atoms with E-state index in [1.807, 2.05) is 0 Å². The van der Waals surface area contributed by atoms with Crippen molar-refractivity contribution in [1.82, 2.24) is 0 Å². The molecule has 0 bridgehead atoms. The van der Waals surface area contributed by atoms with Crippen molar-refractivity contribution in [2.75, 3.05) is 0 Å². The van der Waals surface area contributed by atoms with Crippen molar-refractivity contribution >= 4 is 10.8 Å². The highest BCUT2D eigenvalue weighted by Gasteiger charge is 2.31. The molecule has 0 radical (unpaired) electrons. The first-order chi connectivity index (χ1) is 14.9. The SMILES string of the molecule is CCCCCCc1ccc2cc(C3CCc4cc(OC(F)(F)F)ccc4C3)ccc2c1. The van der Waals surface area contributed by atoms with Gasteiger partial charge in [-0.3, -0.25) is 0 Å². The van der Waals surface area contributed by atoms with E-state index in [0.717, 1.165) is 36.8 Å². The Balaban J connectivity index is 1.45. The number of aryl methyl sites for hydroxylation is 2. The van der Waals surface area contributed by atoms with E-state index in [-0.39, 0.29) is 5.75 Å². The summed E-state index contributed by atoms with van der Waals surface area (Å²) in [6, 6.07) is 18.3. The molecule has 1 nitrogen and oxygen atoms in total. The quantitative estimate of drug-likeness (QED) is 0.347. The van der Waals surface area contributed by atoms with Crippen molar-refractivity contribution in [1.29, 1.82) is 0 Å². The van der Waals surface area contributed by atoms with Crippen LogP contribution in [0.5, 0.6) is 5.75 Å². The van der Waals surface area contributed by atoms with Crippen LogP contribution in [0.25, 0.3) is 10.8 Å². The maximum absolute atomic E-state index is 12.5. The second kappa shape index (κ2) is 9.33. The minimum Gasteiger partial charge on any atom is -0.406 e. The molecule has 0 aromatic heterocycles. The van der Waals surface area contributed by atoms with Crippen molar-refractivity contribution in [3.8, 4) is 5.75 Å². The number of unbranched alkanes of at least 4 members (excludes halogenated alkanes) is 3. The van der Waals surface area contributed by atoms with Gasteiger partial charge in [0.05, 0.1) is 0 Å². The predicted molar refractivity (Wildman–Crippen MR) is 120 cm³/mol. The van der Waals surface area contributed by atoms with Gasteiger partial charge < -0.3 is 4.74 Å². The number of alkyl halides is 3. The molecular formula is C27H29F3O. The molecule has 1 aliphatic carbocycles. The number of halogens is 3. The number of hydrogen-bond acceptors (Lipinski definition) is 1. The Hall–Kier alpha value is -2.49. The summed E-state index contributed by atoms with van der Waals surface area (Å²) >= 11 is 0. The van der Waals surface area contributed by atoms with Gasteiger partial charge in [-0.1, -0.05) is 68.7 Å². The van der Waals surface area contributed by atoms with Crippen LogP contribution in [0.4, 0.5) is 13.2 Å². The Kier molecular flexibility index (Phi) is 6.54. The fraction of sp³-hybridized carbons (Fsp3) is 0.407. The Morgan fingerprint density at radius 3 is 2.48 bits per heavy atom. The molecule has 1 atom stereocenters. The normalized spacial score (nSPS) is 16.3. The summed E-state index contributed by atoms with van der Waals surface area (Å²) in [5.41, 5.74) is 4.80. The Labute approximate surface area is 182 Å². The molecule has 0 fully saturated rings. The van der Waals surface area contributed by atoms with E-state index in [4.69, 9.17) is 0 Å². The smallest absolute Gasteiger partial charge is 0.406 e. The highest BCUT2D eigenvalue weighted by Crippen LogP contribution is 2.36. The zero-order valence-electron chi connectivity index (χ0n) is 18.0. The van der Waals surface area contributed by atoms with Crippen molar-refractivity contribution in [3.05, 3.63) is 76.9 Å². The topological polar surface area (TPSA) is 9.23 Å². The maximum Gasteiger partial charge on any atom is 0.573 e. The molecule has 31 heavy (non-hydrogen) atoms. The van der Waals surface area contributed by atoms with Gasteiger partial charge in [-0.15, -0.1) is 13.2 Å². The summed E-state index contributed by atoms with van der Waals surface area (Å²) in [5.74, 6) is 0.265. The third-order valence-corrected chi connectivity index (χ3v) is 6.36. The van der Waals surface area contributed by atoms with Gasteiger partial charge >= 0.3 is 6.36 Å². The average molecular weight is 427 g/mol. The van der Waals surface area contributed by atoms with Crippen LogP contribution < -0.4 is 4.74 Å². The molecule has 4 heteroatoms. The predicted octanol–water partition coefficient (Wildman–Crippen LogP) is 8.13. The van der Waals surface area contributed by atoms with Crippen LogP contribution in [0.2, 0.25) is 0 Å². The average Bonchev–Trinajstić information content (AvgIpc) is 2.75. The molecular weight excluding hydrogens is 397 g/mol. The maximum atomic E-state index is 12.5. The first kappa shape index (κ1) is 21.7. The number of hydrogen-bond donors (Lipinski definition) is 0. The summed E-state index contributed by atoms with van der Waals surface area (Å²) in [6.07, 6.45) is 4.14. The van der Waals surface area contributed by atoms with Crippen LogP contribution in [0, 0.1) is 0 Å². The van der Waals surface area contributed by atoms with E-state index in [1.54, 1.807) is 12.1 Å². The van der Waals surface area contributed by atoms with Gasteiger partial charge in [0, 0.05) is 0 Å². The number of rotatable bonds is 7. The molecule has 0 amide bonds. The standard InChI is InChI=1S/C27H29F3O/c1-2-3-4-5-6-19-7-8-21-16-22(10-9-20(21)15-19)23-11-12-25-18-26(31-27(28,29)30)14-13-24(25)17-23/h7-10,13-16,18,23H,2-6,11-12,17H2,1H3. The molecule has 3 aromatic carbocycles. The van der Waals surface area contributed by atoms with E-state index in [9.17, 15) is 13.2 Å². The first-order valence-corrected chi connectivity index (χ1v) is 11.3. The molecule has 0 N–H and O–H groups in total. The lowest BCUT2D eigenvalue weighted by Crippen LogP contribution is -2.18. The van der Waals surface area contributed by atoms with Gasteiger partial charge in [-0.05, 0) is 83.2 Å². The monoisotopic (exact) mass is 426 g/mol. The van der Waals surface area contributed by atoms with Crippen molar-refractivity contribution < 1.29 is 17.9 Å². The van der Waals surface area contributed by atoms with Gasteiger partial charge in [0.15, 0.2) is 0 Å². The lowest BCUT2D eigenvalue weighted by Gasteiger charge is -2.26. The largest absolute Gasteiger partial charge is 0.573 e. The zero-order chi connectivity index (χ0) is 21.8. The minimum absolute atomic E-state index is 0.124. The number of ether oxygens (including phenoxy) is 1. The number of fused-ring (bicyclic) bond motifs is 2. The summed E-state index contributed by atoms with van der Waals surface area (Å²) < 4.78 is 41.5. The summed E-state index contributed by atoms with van der Waals surface area (Å²) in [4.78, 5) is 0. The second-order valence-electron chi connectivity index (χ2n) is 8.67. The van der Waals surface area contributed by atoms with Crippen LogP contribution >= 0.6 is 0 Å². The van der Waals surface area contributed by atoms with Crippen LogP contribution in [-0.4, -0.2) is 6.36 Å². The van der Waals surface area contributed by atoms with Gasteiger partial charge in [-0.2, -0.15) is 0 Å². The van der Waals surface area contributed by atoms with Gasteiger partial charge in [0.1, 0.15) is 5.75 Å². The van der Waals surface area contributed by atoms with Crippen LogP contribution in [-0.2, 0) is 19.3 Å². The van der Waals surface area contributed by atoms with Gasteiger partial charge in [0.25, 0.3) is 0 Å². The second-order valence-corrected chi connectivity index (χ2v) is 8.67. The van der Waals surface area contributed by atoms with Crippen molar-refractivity contribution in [3.63, 3.8) is 0 Å². The highest BCUT2D eigenvalue weighted by molar-refractivity contribution is 5.84. The molecule has 0 saturated carbocycles.